The van der Waals surface area contributed by atoms with Gasteiger partial charge in [-0.25, -0.2) is 0 Å². The molecule has 3 heteroatoms. The van der Waals surface area contributed by atoms with Gasteiger partial charge >= 0.3 is 0 Å². The van der Waals surface area contributed by atoms with Gasteiger partial charge in [-0.2, -0.15) is 0 Å². The van der Waals surface area contributed by atoms with Crippen molar-refractivity contribution in [2.45, 2.75) is 32.1 Å². The zero-order valence-corrected chi connectivity index (χ0v) is 9.80. The molecule has 1 aliphatic rings. The van der Waals surface area contributed by atoms with Gasteiger partial charge in [0.05, 0.1) is 18.2 Å². The number of benzene rings is 1. The minimum Gasteiger partial charge on any atom is -0.392 e. The van der Waals surface area contributed by atoms with E-state index in [0.29, 0.717) is 6.10 Å². The van der Waals surface area contributed by atoms with Gasteiger partial charge in [0.1, 0.15) is 0 Å². The minimum absolute atomic E-state index is 0.0902. The van der Waals surface area contributed by atoms with Crippen molar-refractivity contribution >= 4 is 10.9 Å². The summed E-state index contributed by atoms with van der Waals surface area (Å²) in [5.41, 5.74) is 2.14. The summed E-state index contributed by atoms with van der Waals surface area (Å²) < 4.78 is 7.87. The number of hydrogen-bond acceptors (Lipinski definition) is 2. The molecular formula is C14H17NO2. The molecule has 1 N–H and O–H groups in total. The molecule has 0 aliphatic carbocycles. The standard InChI is InChI=1S/C14H17NO2/c16-10-12-4-1-3-11-6-7-15(14(11)12)9-13-5-2-8-17-13/h1,3-4,6-7,13,16H,2,5,8-10H2. The first-order valence-corrected chi connectivity index (χ1v) is 6.17. The molecule has 0 radical (unpaired) electrons. The van der Waals surface area contributed by atoms with Crippen molar-refractivity contribution in [3.05, 3.63) is 36.0 Å². The van der Waals surface area contributed by atoms with Crippen molar-refractivity contribution in [1.29, 1.82) is 0 Å². The van der Waals surface area contributed by atoms with E-state index in [1.54, 1.807) is 0 Å². The van der Waals surface area contributed by atoms with Gasteiger partial charge in [-0.15, -0.1) is 0 Å². The van der Waals surface area contributed by atoms with Gasteiger partial charge in [0.2, 0.25) is 0 Å². The number of aliphatic hydroxyl groups is 1. The van der Waals surface area contributed by atoms with Crippen LogP contribution in [-0.4, -0.2) is 22.4 Å². The third-order valence-corrected chi connectivity index (χ3v) is 3.47. The van der Waals surface area contributed by atoms with Gasteiger partial charge in [0.15, 0.2) is 0 Å². The lowest BCUT2D eigenvalue weighted by Crippen LogP contribution is -2.14. The average Bonchev–Trinajstić information content (AvgIpc) is 2.99. The number of fused-ring (bicyclic) bond motifs is 1. The maximum atomic E-state index is 9.39. The molecule has 3 rings (SSSR count). The van der Waals surface area contributed by atoms with E-state index in [2.05, 4.69) is 22.9 Å². The van der Waals surface area contributed by atoms with E-state index in [1.165, 1.54) is 5.39 Å². The lowest BCUT2D eigenvalue weighted by molar-refractivity contribution is 0.0979. The van der Waals surface area contributed by atoms with Crippen molar-refractivity contribution in [2.75, 3.05) is 6.61 Å². The molecule has 1 aliphatic heterocycles. The molecule has 1 aromatic carbocycles. The fourth-order valence-electron chi connectivity index (χ4n) is 2.63. The Kier molecular flexibility index (Phi) is 2.87. The van der Waals surface area contributed by atoms with Crippen molar-refractivity contribution in [3.8, 4) is 0 Å². The molecule has 1 fully saturated rings. The third kappa shape index (κ3) is 1.96. The highest BCUT2D eigenvalue weighted by Crippen LogP contribution is 2.23. The minimum atomic E-state index is 0.0902. The molecule has 0 saturated carbocycles. The molecule has 17 heavy (non-hydrogen) atoms. The zero-order valence-electron chi connectivity index (χ0n) is 9.80. The number of nitrogens with zero attached hydrogens (tertiary/aromatic N) is 1. The van der Waals surface area contributed by atoms with Crippen LogP contribution in [0.25, 0.3) is 10.9 Å². The van der Waals surface area contributed by atoms with Crippen LogP contribution in [0.1, 0.15) is 18.4 Å². The van der Waals surface area contributed by atoms with Crippen LogP contribution in [0.5, 0.6) is 0 Å². The Hall–Kier alpha value is -1.32. The summed E-state index contributed by atoms with van der Waals surface area (Å²) in [6, 6.07) is 8.16. The molecule has 2 aromatic rings. The number of aliphatic hydroxyl groups excluding tert-OH is 1. The Bertz CT molecular complexity index is 512. The van der Waals surface area contributed by atoms with Crippen LogP contribution < -0.4 is 0 Å². The second-order valence-corrected chi connectivity index (χ2v) is 4.62. The maximum Gasteiger partial charge on any atom is 0.0754 e. The molecular weight excluding hydrogens is 214 g/mol. The van der Waals surface area contributed by atoms with Crippen LogP contribution in [0, 0.1) is 0 Å². The number of aromatic nitrogens is 1. The molecule has 90 valence electrons. The molecule has 0 bridgehead atoms. The van der Waals surface area contributed by atoms with Gasteiger partial charge < -0.3 is 14.4 Å². The largest absolute Gasteiger partial charge is 0.392 e. The highest BCUT2D eigenvalue weighted by atomic mass is 16.5. The summed E-state index contributed by atoms with van der Waals surface area (Å²) in [5.74, 6) is 0. The number of hydrogen-bond donors (Lipinski definition) is 1. The van der Waals surface area contributed by atoms with E-state index >= 15 is 0 Å². The Balaban J connectivity index is 1.98. The van der Waals surface area contributed by atoms with E-state index in [-0.39, 0.29) is 6.61 Å². The fraction of sp³-hybridized carbons (Fsp3) is 0.429. The first kappa shape index (κ1) is 10.8. The summed E-state index contributed by atoms with van der Waals surface area (Å²) >= 11 is 0. The van der Waals surface area contributed by atoms with Gasteiger partial charge in [-0.1, -0.05) is 18.2 Å². The van der Waals surface area contributed by atoms with Gasteiger partial charge in [-0.3, -0.25) is 0 Å². The highest BCUT2D eigenvalue weighted by molar-refractivity contribution is 5.83. The van der Waals surface area contributed by atoms with Crippen molar-refractivity contribution in [1.82, 2.24) is 4.57 Å². The average molecular weight is 231 g/mol. The third-order valence-electron chi connectivity index (χ3n) is 3.47. The first-order chi connectivity index (χ1) is 8.38. The number of rotatable bonds is 3. The maximum absolute atomic E-state index is 9.39. The van der Waals surface area contributed by atoms with Gasteiger partial charge in [0.25, 0.3) is 0 Å². The molecule has 0 spiro atoms. The molecule has 1 unspecified atom stereocenters. The van der Waals surface area contributed by atoms with Crippen molar-refractivity contribution in [3.63, 3.8) is 0 Å². The van der Waals surface area contributed by atoms with E-state index < -0.39 is 0 Å². The predicted octanol–water partition coefficient (Wildman–Crippen LogP) is 2.31. The Labute approximate surface area is 101 Å². The Morgan fingerprint density at radius 1 is 1.35 bits per heavy atom. The van der Waals surface area contributed by atoms with Crippen LogP contribution >= 0.6 is 0 Å². The highest BCUT2D eigenvalue weighted by Gasteiger charge is 2.17. The lowest BCUT2D eigenvalue weighted by Gasteiger charge is -2.13. The topological polar surface area (TPSA) is 34.4 Å². The van der Waals surface area contributed by atoms with Gasteiger partial charge in [-0.05, 0) is 24.3 Å². The van der Waals surface area contributed by atoms with Crippen LogP contribution in [-0.2, 0) is 17.9 Å². The molecule has 1 saturated heterocycles. The summed E-state index contributed by atoms with van der Waals surface area (Å²) in [6.07, 6.45) is 4.72. The SMILES string of the molecule is OCc1cccc2ccn(CC3CCCO3)c12. The first-order valence-electron chi connectivity index (χ1n) is 6.17. The summed E-state index contributed by atoms with van der Waals surface area (Å²) in [6.45, 7) is 1.87. The quantitative estimate of drug-likeness (QED) is 0.879. The molecule has 1 aromatic heterocycles. The van der Waals surface area contributed by atoms with Crippen molar-refractivity contribution < 1.29 is 9.84 Å². The number of ether oxygens (including phenoxy) is 1. The Morgan fingerprint density at radius 2 is 2.29 bits per heavy atom. The summed E-state index contributed by atoms with van der Waals surface area (Å²) in [7, 11) is 0. The fourth-order valence-corrected chi connectivity index (χ4v) is 2.63. The molecule has 2 heterocycles. The van der Waals surface area contributed by atoms with Crippen LogP contribution in [0.2, 0.25) is 0 Å². The van der Waals surface area contributed by atoms with Crippen molar-refractivity contribution in [2.24, 2.45) is 0 Å². The van der Waals surface area contributed by atoms with E-state index in [4.69, 9.17) is 4.74 Å². The van der Waals surface area contributed by atoms with Crippen LogP contribution in [0.4, 0.5) is 0 Å². The molecule has 0 amide bonds. The smallest absolute Gasteiger partial charge is 0.0754 e. The monoisotopic (exact) mass is 231 g/mol. The van der Waals surface area contributed by atoms with E-state index in [1.807, 2.05) is 12.1 Å². The Morgan fingerprint density at radius 3 is 3.06 bits per heavy atom. The number of para-hydroxylation sites is 1. The van der Waals surface area contributed by atoms with E-state index in [0.717, 1.165) is 37.1 Å². The molecule has 1 atom stereocenters. The lowest BCUT2D eigenvalue weighted by atomic mass is 10.1. The van der Waals surface area contributed by atoms with Gasteiger partial charge in [0, 0.05) is 24.9 Å². The second kappa shape index (κ2) is 4.51. The predicted molar refractivity (Wildman–Crippen MR) is 66.8 cm³/mol. The summed E-state index contributed by atoms with van der Waals surface area (Å²) in [5, 5.41) is 10.6. The normalized spacial score (nSPS) is 20.2. The van der Waals surface area contributed by atoms with E-state index in [9.17, 15) is 5.11 Å². The van der Waals surface area contributed by atoms with Crippen LogP contribution in [0.15, 0.2) is 30.5 Å². The second-order valence-electron chi connectivity index (χ2n) is 4.62. The molecule has 3 nitrogen and oxygen atoms in total. The van der Waals surface area contributed by atoms with Crippen LogP contribution in [0.3, 0.4) is 0 Å². The summed E-state index contributed by atoms with van der Waals surface area (Å²) in [4.78, 5) is 0. The zero-order chi connectivity index (χ0) is 11.7.